The maximum Gasteiger partial charge on any atom is 0.229 e. The van der Waals surface area contributed by atoms with Crippen molar-refractivity contribution in [1.29, 1.82) is 0 Å². The van der Waals surface area contributed by atoms with E-state index in [1.807, 2.05) is 48.2 Å². The van der Waals surface area contributed by atoms with E-state index in [-0.39, 0.29) is 29.8 Å². The first-order valence-corrected chi connectivity index (χ1v) is 13.4. The van der Waals surface area contributed by atoms with E-state index in [1.54, 1.807) is 7.11 Å². The fraction of sp³-hybridized carbons (Fsp3) is 0.500. The van der Waals surface area contributed by atoms with Crippen LogP contribution in [0.15, 0.2) is 53.0 Å². The second-order valence-corrected chi connectivity index (χ2v) is 10.7. The first kappa shape index (κ1) is 28.5. The minimum atomic E-state index is -0.197. The summed E-state index contributed by atoms with van der Waals surface area (Å²) in [6.45, 7) is 6.16. The Labute approximate surface area is 229 Å². The Morgan fingerprint density at radius 2 is 1.69 bits per heavy atom. The number of hydrogen-bond donors (Lipinski definition) is 1. The predicted octanol–water partition coefficient (Wildman–Crippen LogP) is 5.35. The van der Waals surface area contributed by atoms with Crippen LogP contribution in [0.3, 0.4) is 0 Å². The normalized spacial score (nSPS) is 18.1. The minimum absolute atomic E-state index is 0. The summed E-state index contributed by atoms with van der Waals surface area (Å²) >= 11 is 3.48. The molecule has 4 rings (SSSR count). The van der Waals surface area contributed by atoms with Crippen LogP contribution in [-0.4, -0.2) is 54.9 Å². The van der Waals surface area contributed by atoms with Crippen LogP contribution in [0, 0.1) is 5.41 Å². The highest BCUT2D eigenvalue weighted by Gasteiger charge is 2.47. The SMILES string of the molecule is CCC(=O)NC(CCN1CCC2(CC1)CCN(Cc1ccc(Br)cc1)C2=O)c1ccc(OC)cc1.Cl. The van der Waals surface area contributed by atoms with Crippen LogP contribution < -0.4 is 10.1 Å². The molecule has 0 saturated carbocycles. The van der Waals surface area contributed by atoms with E-state index >= 15 is 0 Å². The van der Waals surface area contributed by atoms with E-state index in [0.717, 1.165) is 67.6 Å². The zero-order valence-electron chi connectivity index (χ0n) is 21.2. The first-order chi connectivity index (χ1) is 16.9. The van der Waals surface area contributed by atoms with Crippen LogP contribution in [0.2, 0.25) is 0 Å². The summed E-state index contributed by atoms with van der Waals surface area (Å²) in [6.07, 6.45) is 4.10. The van der Waals surface area contributed by atoms with E-state index in [4.69, 9.17) is 4.74 Å². The number of methoxy groups -OCH3 is 1. The number of halogens is 2. The lowest BCUT2D eigenvalue weighted by Crippen LogP contribution is -2.45. The van der Waals surface area contributed by atoms with Gasteiger partial charge in [-0.05, 0) is 74.2 Å². The molecule has 2 amide bonds. The number of nitrogens with one attached hydrogen (secondary N) is 1. The molecule has 0 aliphatic carbocycles. The zero-order valence-corrected chi connectivity index (χ0v) is 23.6. The van der Waals surface area contributed by atoms with Crippen molar-refractivity contribution >= 4 is 40.2 Å². The molecule has 8 heteroatoms. The van der Waals surface area contributed by atoms with Crippen molar-refractivity contribution in [3.63, 3.8) is 0 Å². The number of piperidine rings is 1. The first-order valence-electron chi connectivity index (χ1n) is 12.6. The second-order valence-electron chi connectivity index (χ2n) is 9.76. The number of hydrogen-bond acceptors (Lipinski definition) is 4. The smallest absolute Gasteiger partial charge is 0.229 e. The van der Waals surface area contributed by atoms with Crippen LogP contribution in [-0.2, 0) is 16.1 Å². The quantitative estimate of drug-likeness (QED) is 0.436. The largest absolute Gasteiger partial charge is 0.497 e. The molecule has 0 radical (unpaired) electrons. The van der Waals surface area contributed by atoms with Gasteiger partial charge in [-0.1, -0.05) is 47.1 Å². The van der Waals surface area contributed by atoms with E-state index in [0.29, 0.717) is 18.9 Å². The van der Waals surface area contributed by atoms with Gasteiger partial charge in [0, 0.05) is 30.5 Å². The Bertz CT molecular complexity index is 1010. The second kappa shape index (κ2) is 12.9. The maximum atomic E-state index is 13.4. The summed E-state index contributed by atoms with van der Waals surface area (Å²) in [4.78, 5) is 30.0. The summed E-state index contributed by atoms with van der Waals surface area (Å²) in [5.41, 5.74) is 2.07. The summed E-state index contributed by atoms with van der Waals surface area (Å²) in [5, 5.41) is 3.18. The molecule has 6 nitrogen and oxygen atoms in total. The van der Waals surface area contributed by atoms with Gasteiger partial charge in [-0.15, -0.1) is 12.4 Å². The van der Waals surface area contributed by atoms with Crippen LogP contribution in [0.25, 0.3) is 0 Å². The highest BCUT2D eigenvalue weighted by molar-refractivity contribution is 9.10. The third-order valence-corrected chi connectivity index (χ3v) is 8.14. The molecule has 2 heterocycles. The number of likely N-dealkylation sites (tertiary alicyclic amines) is 2. The number of carbonyl (C=O) groups excluding carboxylic acids is 2. The van der Waals surface area contributed by atoms with Crippen molar-refractivity contribution in [3.8, 4) is 5.75 Å². The Kier molecular flexibility index (Phi) is 10.2. The summed E-state index contributed by atoms with van der Waals surface area (Å²) < 4.78 is 6.33. The molecular formula is C28H37BrClN3O3. The molecule has 2 saturated heterocycles. The lowest BCUT2D eigenvalue weighted by molar-refractivity contribution is -0.139. The van der Waals surface area contributed by atoms with Crippen molar-refractivity contribution in [2.75, 3.05) is 33.3 Å². The molecule has 36 heavy (non-hydrogen) atoms. The number of amides is 2. The van der Waals surface area contributed by atoms with Gasteiger partial charge in [0.05, 0.1) is 18.6 Å². The van der Waals surface area contributed by atoms with Gasteiger partial charge in [0.25, 0.3) is 0 Å². The molecule has 0 bridgehead atoms. The molecule has 2 aromatic carbocycles. The van der Waals surface area contributed by atoms with Gasteiger partial charge < -0.3 is 19.9 Å². The van der Waals surface area contributed by atoms with Crippen molar-refractivity contribution in [1.82, 2.24) is 15.1 Å². The molecule has 1 N–H and O–H groups in total. The monoisotopic (exact) mass is 577 g/mol. The lowest BCUT2D eigenvalue weighted by Gasteiger charge is -2.38. The predicted molar refractivity (Wildman–Crippen MR) is 148 cm³/mol. The molecule has 1 atom stereocenters. The van der Waals surface area contributed by atoms with Crippen LogP contribution >= 0.6 is 28.3 Å². The average Bonchev–Trinajstić information content (AvgIpc) is 3.18. The topological polar surface area (TPSA) is 61.9 Å². The Morgan fingerprint density at radius 3 is 2.31 bits per heavy atom. The van der Waals surface area contributed by atoms with Crippen LogP contribution in [0.4, 0.5) is 0 Å². The highest BCUT2D eigenvalue weighted by atomic mass is 79.9. The number of carbonyl (C=O) groups is 2. The number of nitrogens with zero attached hydrogens (tertiary/aromatic N) is 2. The number of benzene rings is 2. The summed E-state index contributed by atoms with van der Waals surface area (Å²) in [7, 11) is 1.66. The molecule has 2 aliphatic heterocycles. The molecule has 2 aliphatic rings. The molecule has 2 fully saturated rings. The van der Waals surface area contributed by atoms with Crippen molar-refractivity contribution in [2.45, 2.75) is 51.6 Å². The van der Waals surface area contributed by atoms with Gasteiger partial charge in [-0.2, -0.15) is 0 Å². The van der Waals surface area contributed by atoms with E-state index in [2.05, 4.69) is 38.3 Å². The fourth-order valence-electron chi connectivity index (χ4n) is 5.29. The van der Waals surface area contributed by atoms with Crippen LogP contribution in [0.1, 0.15) is 56.2 Å². The molecule has 1 unspecified atom stereocenters. The Balaban J connectivity index is 0.00000361. The summed E-state index contributed by atoms with van der Waals surface area (Å²) in [6, 6.07) is 16.2. The Morgan fingerprint density at radius 1 is 1.06 bits per heavy atom. The summed E-state index contributed by atoms with van der Waals surface area (Å²) in [5.74, 6) is 1.20. The molecule has 1 spiro atoms. The third kappa shape index (κ3) is 6.81. The van der Waals surface area contributed by atoms with E-state index in [1.165, 1.54) is 5.56 Å². The number of ether oxygens (including phenoxy) is 1. The molecule has 2 aromatic rings. The van der Waals surface area contributed by atoms with Gasteiger partial charge >= 0.3 is 0 Å². The third-order valence-electron chi connectivity index (χ3n) is 7.61. The van der Waals surface area contributed by atoms with Crippen molar-refractivity contribution in [3.05, 3.63) is 64.1 Å². The van der Waals surface area contributed by atoms with Gasteiger partial charge in [-0.3, -0.25) is 9.59 Å². The van der Waals surface area contributed by atoms with Crippen LogP contribution in [0.5, 0.6) is 5.75 Å². The molecule has 196 valence electrons. The zero-order chi connectivity index (χ0) is 24.8. The van der Waals surface area contributed by atoms with Gasteiger partial charge in [0.15, 0.2) is 0 Å². The fourth-order valence-corrected chi connectivity index (χ4v) is 5.55. The number of rotatable bonds is 9. The Hall–Kier alpha value is -2.09. The van der Waals surface area contributed by atoms with Gasteiger partial charge in [-0.25, -0.2) is 0 Å². The van der Waals surface area contributed by atoms with Crippen molar-refractivity contribution < 1.29 is 14.3 Å². The molecular weight excluding hydrogens is 542 g/mol. The molecule has 0 aromatic heterocycles. The van der Waals surface area contributed by atoms with Gasteiger partial charge in [0.2, 0.25) is 11.8 Å². The van der Waals surface area contributed by atoms with E-state index in [9.17, 15) is 9.59 Å². The lowest BCUT2D eigenvalue weighted by atomic mass is 9.77. The standard InChI is InChI=1S/C28H36BrN3O3.ClH/c1-3-26(33)30-25(22-6-10-24(35-2)11-7-22)12-16-31-17-13-28(14-18-31)15-19-32(27(28)34)20-21-4-8-23(29)9-5-21;/h4-11,25H,3,12-20H2,1-2H3,(H,30,33);1H. The van der Waals surface area contributed by atoms with Gasteiger partial charge in [0.1, 0.15) is 5.75 Å². The highest BCUT2D eigenvalue weighted by Crippen LogP contribution is 2.42. The average molecular weight is 579 g/mol. The maximum absolute atomic E-state index is 13.4. The minimum Gasteiger partial charge on any atom is -0.497 e. The van der Waals surface area contributed by atoms with Crippen molar-refractivity contribution in [2.24, 2.45) is 5.41 Å². The van der Waals surface area contributed by atoms with E-state index < -0.39 is 0 Å².